The molecule has 3 amide bonds. The summed E-state index contributed by atoms with van der Waals surface area (Å²) in [6, 6.07) is -5.54. The van der Waals surface area contributed by atoms with Crippen molar-refractivity contribution in [1.82, 2.24) is 16.0 Å². The summed E-state index contributed by atoms with van der Waals surface area (Å²) < 4.78 is 88.0. The van der Waals surface area contributed by atoms with Gasteiger partial charge in [0.1, 0.15) is 189 Å². The second-order valence-electron chi connectivity index (χ2n) is 24.6. The van der Waals surface area contributed by atoms with Crippen molar-refractivity contribution in [1.29, 1.82) is 0 Å². The maximum atomic E-state index is 13.0. The Morgan fingerprint density at radius 3 is 0.979 bits per heavy atom. The first-order valence-corrected chi connectivity index (χ1v) is 31.0. The number of nitrogens with one attached hydrogen (secondary N) is 3. The van der Waals surface area contributed by atoms with Gasteiger partial charge in [-0.1, -0.05) is 0 Å². The Labute approximate surface area is 549 Å². The number of aliphatic hydroxyl groups is 22. The van der Waals surface area contributed by atoms with Crippen LogP contribution in [0, 0.1) is 0 Å². The van der Waals surface area contributed by atoms with Gasteiger partial charge in [0.15, 0.2) is 50.3 Å². The zero-order chi connectivity index (χ0) is 71.5. The highest BCUT2D eigenvalue weighted by Gasteiger charge is 2.61. The van der Waals surface area contributed by atoms with E-state index < -0.39 is 309 Å². The molecule has 0 radical (unpaired) electrons. The minimum Gasteiger partial charge on any atom is -0.394 e. The number of ether oxygens (including phenoxy) is 15. The molecule has 8 rings (SSSR count). The third-order valence-corrected chi connectivity index (χ3v) is 17.8. The lowest BCUT2D eigenvalue weighted by molar-refractivity contribution is -0.402. The molecule has 0 aliphatic carbocycles. The van der Waals surface area contributed by atoms with E-state index in [1.165, 1.54) is 6.92 Å². The average molecular weight is 1420 g/mol. The van der Waals surface area contributed by atoms with Gasteiger partial charge in [-0.3, -0.25) is 14.4 Å². The van der Waals surface area contributed by atoms with Crippen LogP contribution in [0.1, 0.15) is 27.7 Å². The summed E-state index contributed by atoms with van der Waals surface area (Å²) in [5, 5.41) is 248. The van der Waals surface area contributed by atoms with Crippen LogP contribution in [0.5, 0.6) is 0 Å². The Morgan fingerprint density at radius 2 is 0.567 bits per heavy atom. The van der Waals surface area contributed by atoms with Crippen LogP contribution in [-0.2, 0) is 85.4 Å². The van der Waals surface area contributed by atoms with Crippen LogP contribution in [0.25, 0.3) is 0 Å². The number of amides is 3. The van der Waals surface area contributed by atoms with Gasteiger partial charge < -0.3 is 199 Å². The molecule has 8 fully saturated rings. The highest BCUT2D eigenvalue weighted by molar-refractivity contribution is 5.74. The molecule has 8 saturated heterocycles. The molecule has 97 heavy (non-hydrogen) atoms. The lowest BCUT2D eigenvalue weighted by Gasteiger charge is -2.52. The van der Waals surface area contributed by atoms with Crippen LogP contribution in [-0.4, -0.2) is 422 Å². The Morgan fingerprint density at radius 1 is 0.268 bits per heavy atom. The summed E-state index contributed by atoms with van der Waals surface area (Å²) in [7, 11) is 0. The molecule has 1 unspecified atom stereocenters. The normalized spacial score (nSPS) is 49.9. The maximum Gasteiger partial charge on any atom is 0.217 e. The predicted molar refractivity (Wildman–Crippen MR) is 298 cm³/mol. The minimum absolute atomic E-state index is 0.820. The van der Waals surface area contributed by atoms with E-state index >= 15 is 0 Å². The number of aliphatic hydroxyl groups excluding tert-OH is 22. The summed E-state index contributed by atoms with van der Waals surface area (Å²) >= 11 is 0. The van der Waals surface area contributed by atoms with Gasteiger partial charge in [-0.2, -0.15) is 0 Å². The summed E-state index contributed by atoms with van der Waals surface area (Å²) in [4.78, 5) is 38.2. The smallest absolute Gasteiger partial charge is 0.217 e. The van der Waals surface area contributed by atoms with E-state index in [1.54, 1.807) is 0 Å². The molecule has 0 aromatic heterocycles. The lowest BCUT2D eigenvalue weighted by atomic mass is 9.93. The molecular formula is C54H91N3O40. The van der Waals surface area contributed by atoms with Crippen LogP contribution < -0.4 is 16.0 Å². The zero-order valence-corrected chi connectivity index (χ0v) is 52.2. The van der Waals surface area contributed by atoms with Crippen LogP contribution in [0.2, 0.25) is 0 Å². The average Bonchev–Trinajstić information content (AvgIpc) is 0.770. The van der Waals surface area contributed by atoms with Crippen molar-refractivity contribution in [2.24, 2.45) is 0 Å². The van der Waals surface area contributed by atoms with Gasteiger partial charge in [-0.15, -0.1) is 0 Å². The molecule has 562 valence electrons. The summed E-state index contributed by atoms with van der Waals surface area (Å²) in [6.07, 6.45) is -73.2. The molecule has 43 heteroatoms. The molecule has 0 saturated carbocycles. The van der Waals surface area contributed by atoms with Crippen molar-refractivity contribution in [2.45, 2.75) is 273 Å². The van der Waals surface area contributed by atoms with Gasteiger partial charge in [-0.25, -0.2) is 0 Å². The molecule has 8 aliphatic heterocycles. The third-order valence-electron chi connectivity index (χ3n) is 17.8. The van der Waals surface area contributed by atoms with Crippen LogP contribution in [0.15, 0.2) is 0 Å². The first-order valence-electron chi connectivity index (χ1n) is 31.0. The number of carbonyl (C=O) groups is 3. The molecule has 8 aliphatic rings. The fourth-order valence-electron chi connectivity index (χ4n) is 12.6. The number of carbonyl (C=O) groups excluding carboxylic acids is 3. The van der Waals surface area contributed by atoms with Gasteiger partial charge in [-0.05, 0) is 6.92 Å². The van der Waals surface area contributed by atoms with Crippen molar-refractivity contribution in [3.8, 4) is 0 Å². The molecule has 0 spiro atoms. The van der Waals surface area contributed by atoms with Gasteiger partial charge in [0, 0.05) is 20.8 Å². The highest BCUT2D eigenvalue weighted by Crippen LogP contribution is 2.40. The summed E-state index contributed by atoms with van der Waals surface area (Å²) in [5.74, 6) is -2.67. The Kier molecular flexibility index (Phi) is 28.3. The zero-order valence-electron chi connectivity index (χ0n) is 52.2. The van der Waals surface area contributed by atoms with E-state index in [0.29, 0.717) is 0 Å². The molecular weight excluding hydrogens is 1330 g/mol. The monoisotopic (exact) mass is 1420 g/mol. The second kappa shape index (κ2) is 34.5. The van der Waals surface area contributed by atoms with Crippen molar-refractivity contribution < 1.29 is 198 Å². The first kappa shape index (κ1) is 79.6. The van der Waals surface area contributed by atoms with E-state index in [-0.39, 0.29) is 0 Å². The van der Waals surface area contributed by atoms with Crippen molar-refractivity contribution in [3.05, 3.63) is 0 Å². The molecule has 0 bridgehead atoms. The van der Waals surface area contributed by atoms with Crippen molar-refractivity contribution in [3.63, 3.8) is 0 Å². The highest BCUT2D eigenvalue weighted by atomic mass is 16.8. The Bertz CT molecular complexity index is 2490. The van der Waals surface area contributed by atoms with E-state index in [9.17, 15) is 127 Å². The van der Waals surface area contributed by atoms with Crippen LogP contribution >= 0.6 is 0 Å². The van der Waals surface area contributed by atoms with Gasteiger partial charge in [0.25, 0.3) is 0 Å². The van der Waals surface area contributed by atoms with E-state index in [4.69, 9.17) is 71.1 Å². The van der Waals surface area contributed by atoms with Crippen molar-refractivity contribution >= 4 is 17.7 Å². The molecule has 0 aromatic carbocycles. The molecule has 43 nitrogen and oxygen atoms in total. The molecule has 25 N–H and O–H groups in total. The molecule has 40 atom stereocenters. The minimum atomic E-state index is -2.34. The standard InChI is InChI=1S/C54H91N3O40/c1-12-26(68)34(76)37(79)51(83-12)97-46-45(96-48-23(55-13(2)65)31(73)27(69)16(5-58)85-48)30(72)19(8-61)88-54(46)93-41-22(11-64)90-50(25(33(41)75)57-15(4)67)94-43-28(70)17(6-59)86-52(38(43)80)91-40-21(10-63)89-49(24(32(40)74)56-14(3)66)95-44-29(71)18(7-60)87-53(39(44)81)92-42-20(9-62)84-47(82)36(78)35(42)77/h12,16-54,58-64,68-82H,5-11H2,1-4H3,(H,55,65)(H,56,66)(H,57,67)/t12-,16-,17-,18-,19-,20-,21-,22-,23-,24-,25-,26+,27+,28+,29+,30+,31-,32-,33-,34+,35-,36-,37-,38-,39-,40-,41-,42-,43+,44+,45+,46-,47?,48-,49+,50+,51-,52+,53+,54+/m1/s1. The van der Waals surface area contributed by atoms with Crippen LogP contribution in [0.3, 0.4) is 0 Å². The quantitative estimate of drug-likeness (QED) is 0.0427. The number of hydrogen-bond acceptors (Lipinski definition) is 40. The summed E-state index contributed by atoms with van der Waals surface area (Å²) in [5.41, 5.74) is 0. The SMILES string of the molecule is CC(=O)N[C@H]1[C@H](O[C@H]2[C@@H](O)[C@@H](CO)O[C@@H](O[C@H]3[C@H](O)[C@@H](O)C(O)O[C@@H]3CO)[C@@H]2O)O[C@H](CO)[C@@H](O[C@@H]2O[C@H](CO)[C@H](O)[C@H](O[C@@H]3O[C@H](CO)[C@@H](O[C@@H]4O[C@H](CO)[C@H](O)[C@H](O[C@H]5O[C@H](CO)[C@H](O)[C@H](O)[C@H]5NC(C)=O)[C@H]4O[C@H]4O[C@H](C)[C@H](O)[C@H](O)[C@H]4O)[C@H](O)[C@H]3NC(C)=O)[C@H]2O)[C@@H]1O. The maximum absolute atomic E-state index is 13.0. The Hall–Kier alpha value is -3.07. The molecule has 8 heterocycles. The topological polar surface area (TPSA) is 671 Å². The van der Waals surface area contributed by atoms with Gasteiger partial charge >= 0.3 is 0 Å². The largest absolute Gasteiger partial charge is 0.394 e. The molecule has 0 aromatic rings. The van der Waals surface area contributed by atoms with E-state index in [1.807, 2.05) is 0 Å². The number of hydrogen-bond donors (Lipinski definition) is 25. The van der Waals surface area contributed by atoms with Crippen LogP contribution in [0.4, 0.5) is 0 Å². The fourth-order valence-corrected chi connectivity index (χ4v) is 12.6. The lowest BCUT2D eigenvalue weighted by Crippen LogP contribution is -2.71. The fraction of sp³-hybridized carbons (Fsp3) is 0.944. The number of rotatable bonds is 24. The summed E-state index contributed by atoms with van der Waals surface area (Å²) in [6.45, 7) is -3.23. The van der Waals surface area contributed by atoms with E-state index in [0.717, 1.165) is 20.8 Å². The van der Waals surface area contributed by atoms with Crippen molar-refractivity contribution in [2.75, 3.05) is 46.2 Å². The third kappa shape index (κ3) is 17.3. The van der Waals surface area contributed by atoms with Gasteiger partial charge in [0.2, 0.25) is 17.7 Å². The second-order valence-corrected chi connectivity index (χ2v) is 24.6. The predicted octanol–water partition coefficient (Wildman–Crippen LogP) is -17.0. The Balaban J connectivity index is 1.04. The van der Waals surface area contributed by atoms with Gasteiger partial charge in [0.05, 0.1) is 52.4 Å². The van der Waals surface area contributed by atoms with E-state index in [2.05, 4.69) is 16.0 Å². The first-order chi connectivity index (χ1) is 45.9.